The number of ether oxygens (including phenoxy) is 6. The SMILES string of the molecule is [N-]=[N+]=NCCOCCOCCOCCNC(=O)[C@H](CCCCN)NC(=O)COCCOCCOCCN=[N+]=[N-]. The van der Waals surface area contributed by atoms with Crippen LogP contribution in [-0.4, -0.2) is 123 Å². The molecule has 2 amide bonds. The van der Waals surface area contributed by atoms with Gasteiger partial charge in [-0.25, -0.2) is 0 Å². The summed E-state index contributed by atoms with van der Waals surface area (Å²) in [4.78, 5) is 30.0. The van der Waals surface area contributed by atoms with Gasteiger partial charge in [0.25, 0.3) is 0 Å². The van der Waals surface area contributed by atoms with Gasteiger partial charge >= 0.3 is 0 Å². The maximum absolute atomic E-state index is 12.6. The molecule has 0 aromatic heterocycles. The summed E-state index contributed by atoms with van der Waals surface area (Å²) < 4.78 is 31.8. The Balaban J connectivity index is 3.93. The van der Waals surface area contributed by atoms with Crippen LogP contribution in [0.5, 0.6) is 0 Å². The molecule has 0 aliphatic rings. The fraction of sp³-hybridized carbons (Fsp3) is 0.909. The average Bonchev–Trinajstić information content (AvgIpc) is 2.93. The van der Waals surface area contributed by atoms with Gasteiger partial charge in [0.15, 0.2) is 0 Å². The summed E-state index contributed by atoms with van der Waals surface area (Å²) in [6.07, 6.45) is 1.89. The fourth-order valence-electron chi connectivity index (χ4n) is 2.81. The van der Waals surface area contributed by atoms with Gasteiger partial charge in [0.1, 0.15) is 12.6 Å². The molecule has 0 fully saturated rings. The van der Waals surface area contributed by atoms with Crippen LogP contribution in [0.15, 0.2) is 10.2 Å². The van der Waals surface area contributed by atoms with Gasteiger partial charge in [0.05, 0.1) is 72.7 Å². The zero-order valence-corrected chi connectivity index (χ0v) is 22.5. The summed E-state index contributed by atoms with van der Waals surface area (Å²) in [5.74, 6) is -0.707. The molecule has 0 aliphatic heterocycles. The smallest absolute Gasteiger partial charge is 0.246 e. The van der Waals surface area contributed by atoms with Crippen molar-refractivity contribution in [1.29, 1.82) is 0 Å². The van der Waals surface area contributed by atoms with Crippen molar-refractivity contribution in [3.05, 3.63) is 20.9 Å². The van der Waals surface area contributed by atoms with Gasteiger partial charge in [-0.3, -0.25) is 9.59 Å². The first-order valence-corrected chi connectivity index (χ1v) is 12.9. The summed E-state index contributed by atoms with van der Waals surface area (Å²) in [5, 5.41) is 12.2. The number of carbonyl (C=O) groups is 2. The van der Waals surface area contributed by atoms with Crippen LogP contribution in [0.25, 0.3) is 20.9 Å². The van der Waals surface area contributed by atoms with E-state index >= 15 is 0 Å². The van der Waals surface area contributed by atoms with Crippen LogP contribution >= 0.6 is 0 Å². The number of rotatable bonds is 29. The Bertz CT molecular complexity index is 707. The van der Waals surface area contributed by atoms with Crippen LogP contribution in [0.1, 0.15) is 19.3 Å². The third-order valence-corrected chi connectivity index (χ3v) is 4.66. The van der Waals surface area contributed by atoms with E-state index in [9.17, 15) is 9.59 Å². The number of carbonyl (C=O) groups excluding carboxylic acids is 2. The Morgan fingerprint density at radius 3 is 1.72 bits per heavy atom. The number of hydrogen-bond donors (Lipinski definition) is 3. The monoisotopic (exact) mass is 561 g/mol. The van der Waals surface area contributed by atoms with Crippen molar-refractivity contribution in [3.8, 4) is 0 Å². The first-order chi connectivity index (χ1) is 19.2. The number of nitrogens with one attached hydrogen (secondary N) is 2. The molecule has 0 saturated carbocycles. The largest absolute Gasteiger partial charge is 0.379 e. The Morgan fingerprint density at radius 1 is 0.718 bits per heavy atom. The third kappa shape index (κ3) is 26.7. The highest BCUT2D eigenvalue weighted by molar-refractivity contribution is 5.87. The van der Waals surface area contributed by atoms with Crippen molar-refractivity contribution >= 4 is 11.8 Å². The summed E-state index contributed by atoms with van der Waals surface area (Å²) in [6, 6.07) is -0.700. The van der Waals surface area contributed by atoms with Crippen molar-refractivity contribution in [2.24, 2.45) is 16.0 Å². The van der Waals surface area contributed by atoms with Gasteiger partial charge < -0.3 is 44.8 Å². The molecule has 0 aliphatic carbocycles. The molecule has 17 nitrogen and oxygen atoms in total. The maximum atomic E-state index is 12.6. The number of nitrogens with two attached hydrogens (primary N) is 1. The molecule has 0 heterocycles. The van der Waals surface area contributed by atoms with Gasteiger partial charge in [-0.05, 0) is 36.9 Å². The lowest BCUT2D eigenvalue weighted by atomic mass is 10.1. The normalized spacial score (nSPS) is 11.3. The maximum Gasteiger partial charge on any atom is 0.246 e. The lowest BCUT2D eigenvalue weighted by Gasteiger charge is -2.18. The summed E-state index contributed by atoms with van der Waals surface area (Å²) in [5.41, 5.74) is 21.8. The second kappa shape index (κ2) is 29.8. The fourth-order valence-corrected chi connectivity index (χ4v) is 2.81. The summed E-state index contributed by atoms with van der Waals surface area (Å²) in [6.45, 7) is 4.83. The minimum absolute atomic E-state index is 0.200. The first-order valence-electron chi connectivity index (χ1n) is 12.9. The molecular formula is C22H43N9O8. The number of nitrogens with zero attached hydrogens (tertiary/aromatic N) is 6. The minimum Gasteiger partial charge on any atom is -0.379 e. The molecule has 0 rings (SSSR count). The van der Waals surface area contributed by atoms with Crippen molar-refractivity contribution in [2.75, 3.05) is 105 Å². The predicted molar refractivity (Wildman–Crippen MR) is 141 cm³/mol. The summed E-state index contributed by atoms with van der Waals surface area (Å²) in [7, 11) is 0. The van der Waals surface area contributed by atoms with Gasteiger partial charge in [-0.2, -0.15) is 0 Å². The Kier molecular flexibility index (Phi) is 27.7. The molecule has 4 N–H and O–H groups in total. The van der Waals surface area contributed by atoms with Gasteiger partial charge in [-0.1, -0.05) is 10.2 Å². The number of hydrogen-bond acceptors (Lipinski definition) is 11. The molecule has 39 heavy (non-hydrogen) atoms. The van der Waals surface area contributed by atoms with E-state index in [1.165, 1.54) is 0 Å². The highest BCUT2D eigenvalue weighted by Crippen LogP contribution is 2.01. The molecule has 0 bridgehead atoms. The molecule has 0 aromatic rings. The van der Waals surface area contributed by atoms with E-state index in [1.54, 1.807) is 0 Å². The zero-order valence-electron chi connectivity index (χ0n) is 22.5. The van der Waals surface area contributed by atoms with E-state index in [-0.39, 0.29) is 45.4 Å². The topological polar surface area (TPSA) is 237 Å². The molecular weight excluding hydrogens is 518 g/mol. The van der Waals surface area contributed by atoms with Crippen LogP contribution in [0.4, 0.5) is 0 Å². The van der Waals surface area contributed by atoms with Crippen LogP contribution in [-0.2, 0) is 38.0 Å². The molecule has 0 unspecified atom stereocenters. The summed E-state index contributed by atoms with van der Waals surface area (Å²) >= 11 is 0. The van der Waals surface area contributed by atoms with Gasteiger partial charge in [-0.15, -0.1) is 0 Å². The van der Waals surface area contributed by atoms with E-state index in [2.05, 4.69) is 30.7 Å². The highest BCUT2D eigenvalue weighted by Gasteiger charge is 2.20. The van der Waals surface area contributed by atoms with Crippen molar-refractivity contribution in [2.45, 2.75) is 25.3 Å². The van der Waals surface area contributed by atoms with E-state index in [0.29, 0.717) is 78.8 Å². The molecule has 1 atom stereocenters. The number of unbranched alkanes of at least 4 members (excludes halogenated alkanes) is 1. The number of amides is 2. The van der Waals surface area contributed by atoms with Gasteiger partial charge in [0.2, 0.25) is 11.8 Å². The molecule has 0 radical (unpaired) electrons. The van der Waals surface area contributed by atoms with Crippen LogP contribution in [0, 0.1) is 0 Å². The minimum atomic E-state index is -0.700. The van der Waals surface area contributed by atoms with Crippen molar-refractivity contribution < 1.29 is 38.0 Å². The quantitative estimate of drug-likeness (QED) is 0.0496. The Morgan fingerprint density at radius 2 is 1.21 bits per heavy atom. The van der Waals surface area contributed by atoms with E-state index in [0.717, 1.165) is 6.42 Å². The van der Waals surface area contributed by atoms with Crippen LogP contribution in [0.2, 0.25) is 0 Å². The predicted octanol–water partition coefficient (Wildman–Crippen LogP) is 0.437. The first kappa shape index (κ1) is 36.3. The molecule has 0 saturated heterocycles. The van der Waals surface area contributed by atoms with Crippen molar-refractivity contribution in [3.63, 3.8) is 0 Å². The third-order valence-electron chi connectivity index (χ3n) is 4.66. The molecule has 224 valence electrons. The van der Waals surface area contributed by atoms with E-state index in [1.807, 2.05) is 0 Å². The Hall–Kier alpha value is -2.72. The lowest BCUT2D eigenvalue weighted by Crippen LogP contribution is -2.48. The van der Waals surface area contributed by atoms with Crippen LogP contribution < -0.4 is 16.4 Å². The van der Waals surface area contributed by atoms with Crippen molar-refractivity contribution in [1.82, 2.24) is 10.6 Å². The Labute approximate surface area is 228 Å². The zero-order chi connectivity index (χ0) is 28.7. The molecule has 17 heteroatoms. The second-order valence-electron chi connectivity index (χ2n) is 7.72. The highest BCUT2D eigenvalue weighted by atomic mass is 16.5. The lowest BCUT2D eigenvalue weighted by molar-refractivity contribution is -0.132. The molecule has 0 spiro atoms. The average molecular weight is 562 g/mol. The van der Waals surface area contributed by atoms with Gasteiger partial charge in [0, 0.05) is 29.5 Å². The van der Waals surface area contributed by atoms with E-state index in [4.69, 9.17) is 45.2 Å². The number of azide groups is 2. The van der Waals surface area contributed by atoms with E-state index < -0.39 is 11.9 Å². The standard InChI is InChI=1S/C22H43N9O8/c23-4-2-1-3-20(29-21(32)19-39-18-17-38-16-13-36-10-7-28-31-25)22(33)26-5-8-34-11-14-37-15-12-35-9-6-27-30-24/h20H,1-19,23H2,(H,26,33)(H,29,32)/t20-/m0/s1. The molecule has 0 aromatic carbocycles. The second-order valence-corrected chi connectivity index (χ2v) is 7.72. The van der Waals surface area contributed by atoms with Crippen LogP contribution in [0.3, 0.4) is 0 Å².